The first-order valence-electron chi connectivity index (χ1n) is 9.66. The molecule has 4 aliphatic rings. The second kappa shape index (κ2) is 5.31. The zero-order valence-corrected chi connectivity index (χ0v) is 14.7. The van der Waals surface area contributed by atoms with Gasteiger partial charge in [-0.25, -0.2) is 0 Å². The van der Waals surface area contributed by atoms with Gasteiger partial charge in [0, 0.05) is 0 Å². The Kier molecular flexibility index (Phi) is 3.72. The molecule has 3 nitrogen and oxygen atoms in total. The molecule has 130 valence electrons. The molecule has 3 heteroatoms. The maximum Gasteiger partial charge on any atom is 0.0636 e. The molecular formula is C20H33NO2. The lowest BCUT2D eigenvalue weighted by molar-refractivity contribution is -0.0747. The molecule has 23 heavy (non-hydrogen) atoms. The van der Waals surface area contributed by atoms with Gasteiger partial charge < -0.3 is 15.9 Å². The maximum atomic E-state index is 10.8. The van der Waals surface area contributed by atoms with Crippen LogP contribution in [0.3, 0.4) is 0 Å². The van der Waals surface area contributed by atoms with E-state index in [-0.39, 0.29) is 29.0 Å². The van der Waals surface area contributed by atoms with Crippen LogP contribution in [0.15, 0.2) is 11.6 Å². The van der Waals surface area contributed by atoms with Gasteiger partial charge in [-0.15, -0.1) is 0 Å². The molecular weight excluding hydrogens is 286 g/mol. The lowest BCUT2D eigenvalue weighted by atomic mass is 9.48. The Labute approximate surface area is 140 Å². The van der Waals surface area contributed by atoms with Crippen LogP contribution in [0.1, 0.15) is 58.8 Å². The summed E-state index contributed by atoms with van der Waals surface area (Å²) in [6.45, 7) is 5.39. The second-order valence-corrected chi connectivity index (χ2v) is 9.38. The van der Waals surface area contributed by atoms with Crippen molar-refractivity contribution in [1.29, 1.82) is 0 Å². The highest BCUT2D eigenvalue weighted by Gasteiger charge is 2.60. The molecule has 0 aromatic carbocycles. The van der Waals surface area contributed by atoms with Gasteiger partial charge in [-0.05, 0) is 86.0 Å². The Hall–Kier alpha value is -0.380. The van der Waals surface area contributed by atoms with Crippen LogP contribution in [0, 0.1) is 34.5 Å². The highest BCUT2D eigenvalue weighted by Crippen LogP contribution is 2.65. The summed E-state index contributed by atoms with van der Waals surface area (Å²) in [5, 5.41) is 20.9. The third-order valence-corrected chi connectivity index (χ3v) is 8.50. The predicted octanol–water partition coefficient (Wildman–Crippen LogP) is 2.86. The SMILES string of the molecule is CC12CCC(O)CC1=CCC1C2CCC2(C)C(O)C(CN)CC12. The molecule has 3 saturated carbocycles. The molecule has 0 radical (unpaired) electrons. The summed E-state index contributed by atoms with van der Waals surface area (Å²) in [5.41, 5.74) is 7.83. The Morgan fingerprint density at radius 3 is 2.70 bits per heavy atom. The molecule has 4 aliphatic carbocycles. The van der Waals surface area contributed by atoms with E-state index < -0.39 is 0 Å². The van der Waals surface area contributed by atoms with E-state index in [1.165, 1.54) is 12.0 Å². The van der Waals surface area contributed by atoms with Crippen molar-refractivity contribution in [3.8, 4) is 0 Å². The largest absolute Gasteiger partial charge is 0.393 e. The van der Waals surface area contributed by atoms with Crippen molar-refractivity contribution >= 4 is 0 Å². The molecule has 4 rings (SSSR count). The number of rotatable bonds is 1. The van der Waals surface area contributed by atoms with Gasteiger partial charge in [0.25, 0.3) is 0 Å². The normalized spacial score (nSPS) is 55.6. The van der Waals surface area contributed by atoms with Gasteiger partial charge in [-0.2, -0.15) is 0 Å². The van der Waals surface area contributed by atoms with Crippen LogP contribution in [0.4, 0.5) is 0 Å². The van der Waals surface area contributed by atoms with Crippen LogP contribution < -0.4 is 5.73 Å². The monoisotopic (exact) mass is 319 g/mol. The van der Waals surface area contributed by atoms with Crippen LogP contribution in [-0.2, 0) is 0 Å². The molecule has 0 amide bonds. The van der Waals surface area contributed by atoms with Crippen molar-refractivity contribution in [2.45, 2.75) is 71.0 Å². The molecule has 8 unspecified atom stereocenters. The minimum absolute atomic E-state index is 0.0705. The summed E-state index contributed by atoms with van der Waals surface area (Å²) in [6.07, 6.45) is 9.70. The first kappa shape index (κ1) is 16.1. The van der Waals surface area contributed by atoms with Gasteiger partial charge in [0.15, 0.2) is 0 Å². The molecule has 0 aliphatic heterocycles. The average molecular weight is 319 g/mol. The zero-order valence-electron chi connectivity index (χ0n) is 14.7. The molecule has 8 atom stereocenters. The molecule has 0 spiro atoms. The van der Waals surface area contributed by atoms with Crippen molar-refractivity contribution in [2.75, 3.05) is 6.54 Å². The number of allylic oxidation sites excluding steroid dienone is 1. The van der Waals surface area contributed by atoms with Crippen LogP contribution in [-0.4, -0.2) is 29.0 Å². The minimum Gasteiger partial charge on any atom is -0.393 e. The number of aliphatic hydroxyl groups is 2. The second-order valence-electron chi connectivity index (χ2n) is 9.38. The summed E-state index contributed by atoms with van der Waals surface area (Å²) in [5.74, 6) is 2.34. The van der Waals surface area contributed by atoms with Crippen LogP contribution in [0.5, 0.6) is 0 Å². The Morgan fingerprint density at radius 1 is 1.17 bits per heavy atom. The summed E-state index contributed by atoms with van der Waals surface area (Å²) in [6, 6.07) is 0. The smallest absolute Gasteiger partial charge is 0.0636 e. The van der Waals surface area contributed by atoms with Gasteiger partial charge in [-0.3, -0.25) is 0 Å². The topological polar surface area (TPSA) is 66.5 Å². The fraction of sp³-hybridized carbons (Fsp3) is 0.900. The van der Waals surface area contributed by atoms with E-state index in [4.69, 9.17) is 5.73 Å². The van der Waals surface area contributed by atoms with Crippen molar-refractivity contribution in [3.05, 3.63) is 11.6 Å². The molecule has 0 aromatic heterocycles. The predicted molar refractivity (Wildman–Crippen MR) is 91.6 cm³/mol. The van der Waals surface area contributed by atoms with E-state index in [1.54, 1.807) is 0 Å². The lowest BCUT2D eigenvalue weighted by Crippen LogP contribution is -2.51. The third kappa shape index (κ3) is 2.12. The van der Waals surface area contributed by atoms with E-state index in [0.717, 1.165) is 44.4 Å². The molecule has 0 aromatic rings. The summed E-state index contributed by atoms with van der Waals surface area (Å²) in [7, 11) is 0. The molecule has 3 fully saturated rings. The van der Waals surface area contributed by atoms with Gasteiger partial charge >= 0.3 is 0 Å². The van der Waals surface area contributed by atoms with E-state index in [9.17, 15) is 10.2 Å². The number of hydrogen-bond donors (Lipinski definition) is 3. The quantitative estimate of drug-likeness (QED) is 0.651. The zero-order chi connectivity index (χ0) is 16.4. The van der Waals surface area contributed by atoms with E-state index in [2.05, 4.69) is 19.9 Å². The van der Waals surface area contributed by atoms with Crippen molar-refractivity contribution in [3.63, 3.8) is 0 Å². The fourth-order valence-corrected chi connectivity index (χ4v) is 7.02. The average Bonchev–Trinajstić information content (AvgIpc) is 2.79. The Morgan fingerprint density at radius 2 is 1.96 bits per heavy atom. The first-order chi connectivity index (χ1) is 10.9. The minimum atomic E-state index is -0.218. The number of hydrogen-bond acceptors (Lipinski definition) is 3. The fourth-order valence-electron chi connectivity index (χ4n) is 7.02. The van der Waals surface area contributed by atoms with Crippen molar-refractivity contribution < 1.29 is 10.2 Å². The molecule has 0 heterocycles. The molecule has 0 bridgehead atoms. The van der Waals surface area contributed by atoms with E-state index in [1.807, 2.05) is 0 Å². The molecule has 4 N–H and O–H groups in total. The van der Waals surface area contributed by atoms with Crippen molar-refractivity contribution in [2.24, 2.45) is 40.2 Å². The van der Waals surface area contributed by atoms with Crippen LogP contribution in [0.25, 0.3) is 0 Å². The van der Waals surface area contributed by atoms with Gasteiger partial charge in [0.05, 0.1) is 12.2 Å². The number of aliphatic hydroxyl groups excluding tert-OH is 2. The summed E-state index contributed by atoms with van der Waals surface area (Å²) >= 11 is 0. The molecule has 0 saturated heterocycles. The Bertz CT molecular complexity index is 518. The first-order valence-corrected chi connectivity index (χ1v) is 9.66. The standard InChI is InChI=1S/C20H33NO2/c1-19-7-5-14(22)10-13(19)3-4-15-16(19)6-8-20(2)17(15)9-12(11-21)18(20)23/h3,12,14-18,22-23H,4-11,21H2,1-2H3. The highest BCUT2D eigenvalue weighted by atomic mass is 16.3. The van der Waals surface area contributed by atoms with Gasteiger partial charge in [-0.1, -0.05) is 25.5 Å². The van der Waals surface area contributed by atoms with Crippen LogP contribution >= 0.6 is 0 Å². The Balaban J connectivity index is 1.67. The van der Waals surface area contributed by atoms with E-state index in [0.29, 0.717) is 18.4 Å². The number of nitrogens with two attached hydrogens (primary N) is 1. The van der Waals surface area contributed by atoms with Gasteiger partial charge in [0.1, 0.15) is 0 Å². The lowest BCUT2D eigenvalue weighted by Gasteiger charge is -2.57. The van der Waals surface area contributed by atoms with Crippen LogP contribution in [0.2, 0.25) is 0 Å². The van der Waals surface area contributed by atoms with Crippen molar-refractivity contribution in [1.82, 2.24) is 0 Å². The summed E-state index contributed by atoms with van der Waals surface area (Å²) in [4.78, 5) is 0. The van der Waals surface area contributed by atoms with E-state index >= 15 is 0 Å². The maximum absolute atomic E-state index is 10.8. The summed E-state index contributed by atoms with van der Waals surface area (Å²) < 4.78 is 0. The number of fused-ring (bicyclic) bond motifs is 5. The van der Waals surface area contributed by atoms with Gasteiger partial charge in [0.2, 0.25) is 0 Å². The third-order valence-electron chi connectivity index (χ3n) is 8.50. The highest BCUT2D eigenvalue weighted by molar-refractivity contribution is 5.25.